The molecule has 0 aliphatic carbocycles. The highest BCUT2D eigenvalue weighted by Gasteiger charge is 2.16. The highest BCUT2D eigenvalue weighted by atomic mass is 32.2. The second-order valence-electron chi connectivity index (χ2n) is 8.69. The Morgan fingerprint density at radius 1 is 1.03 bits per heavy atom. The second kappa shape index (κ2) is 10.5. The number of ether oxygens (including phenoxy) is 1. The van der Waals surface area contributed by atoms with Crippen LogP contribution in [-0.2, 0) is 14.8 Å². The van der Waals surface area contributed by atoms with Gasteiger partial charge in [-0.1, -0.05) is 36.2 Å². The summed E-state index contributed by atoms with van der Waals surface area (Å²) in [7, 11) is -3.56. The van der Waals surface area contributed by atoms with E-state index < -0.39 is 16.0 Å². The number of aryl methyl sites for hydroxylation is 2. The van der Waals surface area contributed by atoms with Crippen molar-refractivity contribution in [3.63, 3.8) is 0 Å². The van der Waals surface area contributed by atoms with Crippen LogP contribution in [0.4, 0.5) is 0 Å². The zero-order valence-corrected chi connectivity index (χ0v) is 20.9. The monoisotopic (exact) mass is 509 g/mol. The number of nitrogens with one attached hydrogen (secondary N) is 1. The summed E-state index contributed by atoms with van der Waals surface area (Å²) in [5.74, 6) is -0.756. The number of phenols is 1. The van der Waals surface area contributed by atoms with Gasteiger partial charge in [0, 0.05) is 25.1 Å². The number of carbonyl (C=O) groups excluding carboxylic acids is 1. The molecule has 8 nitrogen and oxygen atoms in total. The molecule has 188 valence electrons. The van der Waals surface area contributed by atoms with Crippen molar-refractivity contribution >= 4 is 37.9 Å². The van der Waals surface area contributed by atoms with Crippen LogP contribution in [0.1, 0.15) is 36.8 Å². The first kappa shape index (κ1) is 25.4. The predicted octanol–water partition coefficient (Wildman–Crippen LogP) is 4.71. The smallest absolute Gasteiger partial charge is 0.311 e. The molecule has 0 atom stereocenters. The van der Waals surface area contributed by atoms with E-state index in [1.54, 1.807) is 36.4 Å². The zero-order valence-electron chi connectivity index (χ0n) is 20.0. The fourth-order valence-electron chi connectivity index (χ4n) is 3.92. The van der Waals surface area contributed by atoms with Gasteiger partial charge in [0.05, 0.1) is 10.3 Å². The van der Waals surface area contributed by atoms with Crippen molar-refractivity contribution in [1.29, 1.82) is 0 Å². The lowest BCUT2D eigenvalue weighted by Gasteiger charge is -2.09. The first-order chi connectivity index (χ1) is 17.2. The number of carbonyl (C=O) groups is 1. The van der Waals surface area contributed by atoms with Crippen molar-refractivity contribution < 1.29 is 27.5 Å². The largest absolute Gasteiger partial charge is 0.507 e. The topological polar surface area (TPSA) is 123 Å². The number of phenolic OH excluding ortho intramolecular Hbond substituents is 1. The SMILES string of the molecule is Cc1ccc(S(=O)(=O)NCCCCCC(=O)Oc2cc(O)c3c(=O)c4cccc(C)c4oc3c2)cc1. The van der Waals surface area contributed by atoms with Crippen molar-refractivity contribution in [2.75, 3.05) is 6.54 Å². The van der Waals surface area contributed by atoms with Crippen LogP contribution in [0.3, 0.4) is 0 Å². The van der Waals surface area contributed by atoms with E-state index >= 15 is 0 Å². The normalized spacial score (nSPS) is 11.7. The number of benzene rings is 3. The number of fused-ring (bicyclic) bond motifs is 2. The molecule has 9 heteroatoms. The Kier molecular flexibility index (Phi) is 7.42. The third-order valence-corrected chi connectivity index (χ3v) is 7.34. The van der Waals surface area contributed by atoms with Gasteiger partial charge in [0.1, 0.15) is 28.1 Å². The fraction of sp³-hybridized carbons (Fsp3) is 0.259. The lowest BCUT2D eigenvalue weighted by Crippen LogP contribution is -2.24. The Labute approximate surface area is 208 Å². The summed E-state index contributed by atoms with van der Waals surface area (Å²) in [5, 5.41) is 10.8. The van der Waals surface area contributed by atoms with E-state index in [1.165, 1.54) is 12.1 Å². The number of esters is 1. The summed E-state index contributed by atoms with van der Waals surface area (Å²) in [5.41, 5.74) is 1.94. The number of para-hydroxylation sites is 1. The van der Waals surface area contributed by atoms with Gasteiger partial charge in [-0.05, 0) is 50.5 Å². The van der Waals surface area contributed by atoms with Crippen molar-refractivity contribution in [3.05, 3.63) is 75.9 Å². The molecular formula is C27H27NO7S. The predicted molar refractivity (Wildman–Crippen MR) is 137 cm³/mol. The van der Waals surface area contributed by atoms with Gasteiger partial charge in [-0.25, -0.2) is 13.1 Å². The number of rotatable bonds is 9. The summed E-state index contributed by atoms with van der Waals surface area (Å²) in [6, 6.07) is 14.4. The minimum atomic E-state index is -3.56. The van der Waals surface area contributed by atoms with Gasteiger partial charge >= 0.3 is 5.97 Å². The summed E-state index contributed by atoms with van der Waals surface area (Å²) < 4.78 is 38.3. The third kappa shape index (κ3) is 5.58. The number of sulfonamides is 1. The fourth-order valence-corrected chi connectivity index (χ4v) is 4.99. The summed E-state index contributed by atoms with van der Waals surface area (Å²) >= 11 is 0. The van der Waals surface area contributed by atoms with Crippen LogP contribution in [-0.4, -0.2) is 26.0 Å². The van der Waals surface area contributed by atoms with Gasteiger partial charge in [-0.3, -0.25) is 9.59 Å². The van der Waals surface area contributed by atoms with Crippen LogP contribution < -0.4 is 14.9 Å². The summed E-state index contributed by atoms with van der Waals surface area (Å²) in [6.45, 7) is 3.96. The molecule has 2 N–H and O–H groups in total. The number of unbranched alkanes of at least 4 members (excludes halogenated alkanes) is 2. The van der Waals surface area contributed by atoms with Crippen LogP contribution in [0.5, 0.6) is 11.5 Å². The van der Waals surface area contributed by atoms with Crippen LogP contribution in [0.15, 0.2) is 68.7 Å². The Balaban J connectivity index is 1.31. The minimum absolute atomic E-state index is 0.0287. The van der Waals surface area contributed by atoms with Crippen molar-refractivity contribution in [3.8, 4) is 11.5 Å². The lowest BCUT2D eigenvalue weighted by atomic mass is 10.1. The van der Waals surface area contributed by atoms with Crippen LogP contribution in [0.2, 0.25) is 0 Å². The van der Waals surface area contributed by atoms with Gasteiger partial charge in [0.25, 0.3) is 0 Å². The van der Waals surface area contributed by atoms with E-state index in [1.807, 2.05) is 19.9 Å². The number of hydrogen-bond acceptors (Lipinski definition) is 7. The molecule has 0 saturated heterocycles. The van der Waals surface area contributed by atoms with Crippen LogP contribution >= 0.6 is 0 Å². The molecule has 0 unspecified atom stereocenters. The molecular weight excluding hydrogens is 482 g/mol. The molecule has 0 aliphatic heterocycles. The van der Waals surface area contributed by atoms with Gasteiger partial charge in [-0.2, -0.15) is 0 Å². The Bertz CT molecular complexity index is 1590. The molecule has 0 spiro atoms. The van der Waals surface area contributed by atoms with Gasteiger partial charge in [0.15, 0.2) is 0 Å². The maximum absolute atomic E-state index is 12.8. The number of aromatic hydroxyl groups is 1. The summed E-state index contributed by atoms with van der Waals surface area (Å²) in [6.07, 6.45) is 1.80. The molecule has 1 heterocycles. The minimum Gasteiger partial charge on any atom is -0.507 e. The molecule has 36 heavy (non-hydrogen) atoms. The zero-order chi connectivity index (χ0) is 25.9. The summed E-state index contributed by atoms with van der Waals surface area (Å²) in [4.78, 5) is 25.3. The molecule has 1 aromatic heterocycles. The first-order valence-electron chi connectivity index (χ1n) is 11.6. The van der Waals surface area contributed by atoms with Crippen LogP contribution in [0, 0.1) is 13.8 Å². The van der Waals surface area contributed by atoms with E-state index in [0.29, 0.717) is 30.2 Å². The maximum atomic E-state index is 12.8. The Morgan fingerprint density at radius 2 is 1.78 bits per heavy atom. The molecule has 0 bridgehead atoms. The second-order valence-corrected chi connectivity index (χ2v) is 10.5. The molecule has 0 saturated carbocycles. The van der Waals surface area contributed by atoms with E-state index in [2.05, 4.69) is 4.72 Å². The van der Waals surface area contributed by atoms with Crippen LogP contribution in [0.25, 0.3) is 21.9 Å². The molecule has 4 rings (SSSR count). The van der Waals surface area contributed by atoms with Crippen molar-refractivity contribution in [1.82, 2.24) is 4.72 Å². The van der Waals surface area contributed by atoms with E-state index in [0.717, 1.165) is 11.1 Å². The number of hydrogen-bond donors (Lipinski definition) is 2. The van der Waals surface area contributed by atoms with Gasteiger partial charge in [0.2, 0.25) is 15.5 Å². The molecule has 0 amide bonds. The Hall–Kier alpha value is -3.69. The highest BCUT2D eigenvalue weighted by molar-refractivity contribution is 7.89. The Morgan fingerprint density at radius 3 is 2.53 bits per heavy atom. The first-order valence-corrected chi connectivity index (χ1v) is 13.1. The quantitative estimate of drug-likeness (QED) is 0.145. The van der Waals surface area contributed by atoms with E-state index in [9.17, 15) is 23.1 Å². The molecule has 0 fully saturated rings. The molecule has 4 aromatic rings. The van der Waals surface area contributed by atoms with E-state index in [4.69, 9.17) is 9.15 Å². The third-order valence-electron chi connectivity index (χ3n) is 5.86. The standard InChI is InChI=1S/C27H27NO7S/c1-17-10-12-20(13-11-17)36(32,33)28-14-5-3-4-9-24(30)34-19-15-22(29)25-23(16-19)35-27-18(2)7-6-8-21(27)26(25)31/h6-8,10-13,15-16,28-29H,3-5,9,14H2,1-2H3. The highest BCUT2D eigenvalue weighted by Crippen LogP contribution is 2.31. The molecule has 3 aromatic carbocycles. The van der Waals surface area contributed by atoms with Crippen molar-refractivity contribution in [2.24, 2.45) is 0 Å². The van der Waals surface area contributed by atoms with Crippen molar-refractivity contribution in [2.45, 2.75) is 44.4 Å². The van der Waals surface area contributed by atoms with E-state index in [-0.39, 0.29) is 45.8 Å². The average molecular weight is 510 g/mol. The maximum Gasteiger partial charge on any atom is 0.311 e. The lowest BCUT2D eigenvalue weighted by molar-refractivity contribution is -0.134. The average Bonchev–Trinajstić information content (AvgIpc) is 2.82. The van der Waals surface area contributed by atoms with Gasteiger partial charge < -0.3 is 14.3 Å². The molecule has 0 aliphatic rings. The van der Waals surface area contributed by atoms with Gasteiger partial charge in [-0.15, -0.1) is 0 Å². The molecule has 0 radical (unpaired) electrons.